The molecule has 0 radical (unpaired) electrons. The second kappa shape index (κ2) is 8.38. The third-order valence-corrected chi connectivity index (χ3v) is 4.60. The molecule has 6 nitrogen and oxygen atoms in total. The smallest absolute Gasteiger partial charge is 0.248 e. The van der Waals surface area contributed by atoms with Crippen LogP contribution in [0.3, 0.4) is 0 Å². The van der Waals surface area contributed by atoms with Gasteiger partial charge in [-0.25, -0.2) is 0 Å². The van der Waals surface area contributed by atoms with E-state index in [0.717, 1.165) is 37.7 Å². The lowest BCUT2D eigenvalue weighted by Gasteiger charge is -2.37. The van der Waals surface area contributed by atoms with E-state index in [1.54, 1.807) is 12.1 Å². The molecule has 1 aliphatic rings. The minimum Gasteiger partial charge on any atom is -0.368 e. The van der Waals surface area contributed by atoms with E-state index in [9.17, 15) is 4.79 Å². The maximum absolute atomic E-state index is 11.1. The second-order valence-corrected chi connectivity index (χ2v) is 6.27. The topological polar surface area (TPSA) is 74.0 Å². The maximum Gasteiger partial charge on any atom is 0.248 e. The maximum atomic E-state index is 11.1. The molecule has 3 N–H and O–H groups in total. The van der Waals surface area contributed by atoms with E-state index in [1.165, 1.54) is 5.69 Å². The molecule has 0 aromatic heterocycles. The summed E-state index contributed by atoms with van der Waals surface area (Å²) in [5, 5.41) is 3.40. The molecular weight excluding hydrogens is 326 g/mol. The Morgan fingerprint density at radius 1 is 1.04 bits per heavy atom. The number of nitrogens with two attached hydrogens (primary N) is 1. The van der Waals surface area contributed by atoms with Gasteiger partial charge in [0.05, 0.1) is 0 Å². The van der Waals surface area contributed by atoms with Crippen molar-refractivity contribution >= 4 is 17.6 Å². The third-order valence-electron chi connectivity index (χ3n) is 4.60. The monoisotopic (exact) mass is 351 g/mol. The lowest BCUT2D eigenvalue weighted by Crippen LogP contribution is -2.52. The van der Waals surface area contributed by atoms with Gasteiger partial charge >= 0.3 is 0 Å². The molecule has 0 aliphatic carbocycles. The summed E-state index contributed by atoms with van der Waals surface area (Å²) in [6.07, 6.45) is 0. The van der Waals surface area contributed by atoms with Crippen LogP contribution in [-0.2, 0) is 6.54 Å². The molecule has 0 atom stereocenters. The Labute approximate surface area is 154 Å². The number of hydrogen-bond donors (Lipinski definition) is 2. The highest BCUT2D eigenvalue weighted by atomic mass is 16.1. The van der Waals surface area contributed by atoms with Crippen LogP contribution < -0.4 is 16.0 Å². The van der Waals surface area contributed by atoms with Crippen LogP contribution in [0.5, 0.6) is 0 Å². The number of nitrogens with zero attached hydrogens (tertiary/aromatic N) is 3. The Bertz CT molecular complexity index is 750. The van der Waals surface area contributed by atoms with Gasteiger partial charge in [-0.05, 0) is 29.8 Å². The fraction of sp³-hybridized carbons (Fsp3) is 0.300. The number of carbonyl (C=O) groups excluding carboxylic acids is 1. The van der Waals surface area contributed by atoms with E-state index in [0.29, 0.717) is 12.1 Å². The van der Waals surface area contributed by atoms with Crippen molar-refractivity contribution in [3.05, 3.63) is 65.7 Å². The average Bonchev–Trinajstić information content (AvgIpc) is 2.70. The van der Waals surface area contributed by atoms with Crippen molar-refractivity contribution in [2.45, 2.75) is 6.54 Å². The second-order valence-electron chi connectivity index (χ2n) is 6.27. The van der Waals surface area contributed by atoms with Crippen LogP contribution in [-0.4, -0.2) is 50.0 Å². The first-order valence-electron chi connectivity index (χ1n) is 8.81. The van der Waals surface area contributed by atoms with E-state index in [2.05, 4.69) is 44.4 Å². The van der Waals surface area contributed by atoms with Crippen molar-refractivity contribution in [2.75, 3.05) is 38.1 Å². The Kier molecular flexibility index (Phi) is 5.73. The molecule has 3 rings (SSSR count). The van der Waals surface area contributed by atoms with Crippen LogP contribution in [0, 0.1) is 0 Å². The number of piperazine rings is 1. The number of anilines is 1. The Morgan fingerprint density at radius 3 is 2.27 bits per heavy atom. The number of guanidine groups is 1. The van der Waals surface area contributed by atoms with Gasteiger partial charge < -0.3 is 20.9 Å². The number of para-hydroxylation sites is 1. The summed E-state index contributed by atoms with van der Waals surface area (Å²) in [5.74, 6) is 0.494. The summed E-state index contributed by atoms with van der Waals surface area (Å²) in [4.78, 5) is 20.2. The molecule has 1 amide bonds. The van der Waals surface area contributed by atoms with Crippen molar-refractivity contribution < 1.29 is 4.79 Å². The molecule has 0 saturated carbocycles. The predicted molar refractivity (Wildman–Crippen MR) is 105 cm³/mol. The number of hydrogen-bond acceptors (Lipinski definition) is 3. The van der Waals surface area contributed by atoms with Crippen LogP contribution in [0.25, 0.3) is 0 Å². The lowest BCUT2D eigenvalue weighted by atomic mass is 10.1. The zero-order chi connectivity index (χ0) is 18.4. The summed E-state index contributed by atoms with van der Waals surface area (Å²) in [5.41, 5.74) is 8.15. The first-order valence-corrected chi connectivity index (χ1v) is 8.81. The molecule has 0 unspecified atom stereocenters. The number of benzene rings is 2. The molecule has 2 aromatic rings. The van der Waals surface area contributed by atoms with Crippen LogP contribution in [0.2, 0.25) is 0 Å². The van der Waals surface area contributed by atoms with Gasteiger partial charge in [0.15, 0.2) is 5.96 Å². The molecule has 1 saturated heterocycles. The minimum absolute atomic E-state index is 0.406. The minimum atomic E-state index is -0.406. The largest absolute Gasteiger partial charge is 0.368 e. The Morgan fingerprint density at radius 2 is 1.69 bits per heavy atom. The van der Waals surface area contributed by atoms with Gasteiger partial charge in [-0.2, -0.15) is 0 Å². The summed E-state index contributed by atoms with van der Waals surface area (Å²) >= 11 is 0. The van der Waals surface area contributed by atoms with E-state index in [4.69, 9.17) is 5.73 Å². The molecular formula is C20H25N5O. The van der Waals surface area contributed by atoms with Crippen LogP contribution >= 0.6 is 0 Å². The van der Waals surface area contributed by atoms with Crippen molar-refractivity contribution in [2.24, 2.45) is 10.7 Å². The third kappa shape index (κ3) is 4.33. The van der Waals surface area contributed by atoms with E-state index >= 15 is 0 Å². The molecule has 26 heavy (non-hydrogen) atoms. The van der Waals surface area contributed by atoms with Gasteiger partial charge in [-0.3, -0.25) is 9.79 Å². The van der Waals surface area contributed by atoms with E-state index < -0.39 is 5.91 Å². The van der Waals surface area contributed by atoms with Gasteiger partial charge in [-0.15, -0.1) is 0 Å². The summed E-state index contributed by atoms with van der Waals surface area (Å²) in [6, 6.07) is 17.8. The molecule has 1 heterocycles. The quantitative estimate of drug-likeness (QED) is 0.649. The normalized spacial score (nSPS) is 15.0. The van der Waals surface area contributed by atoms with Crippen molar-refractivity contribution in [1.29, 1.82) is 0 Å². The highest BCUT2D eigenvalue weighted by molar-refractivity contribution is 5.92. The first-order chi connectivity index (χ1) is 12.7. The van der Waals surface area contributed by atoms with Crippen molar-refractivity contribution in [3.8, 4) is 0 Å². The fourth-order valence-electron chi connectivity index (χ4n) is 3.12. The predicted octanol–water partition coefficient (Wildman–Crippen LogP) is 1.68. The standard InChI is InChI=1S/C20H25N5O/c1-22-20(23-15-16-7-9-17(10-8-16)19(21)26)25-13-11-24(12-14-25)18-5-3-2-4-6-18/h2-10H,11-15H2,1H3,(H2,21,26)(H,22,23). The number of amides is 1. The van der Waals surface area contributed by atoms with Gasteiger partial charge in [0, 0.05) is 51.0 Å². The zero-order valence-corrected chi connectivity index (χ0v) is 15.1. The van der Waals surface area contributed by atoms with Gasteiger partial charge in [0.25, 0.3) is 0 Å². The highest BCUT2D eigenvalue weighted by Gasteiger charge is 2.19. The van der Waals surface area contributed by atoms with Gasteiger partial charge in [0.2, 0.25) is 5.91 Å². The number of nitrogens with one attached hydrogen (secondary N) is 1. The molecule has 2 aromatic carbocycles. The molecule has 1 fully saturated rings. The molecule has 1 aliphatic heterocycles. The summed E-state index contributed by atoms with van der Waals surface area (Å²) in [6.45, 7) is 4.45. The SMILES string of the molecule is CN=C(NCc1ccc(C(N)=O)cc1)N1CCN(c2ccccc2)CC1. The number of aliphatic imine (C=N–C) groups is 1. The molecule has 0 spiro atoms. The Balaban J connectivity index is 1.53. The number of primary amides is 1. The molecule has 0 bridgehead atoms. The van der Waals surface area contributed by atoms with Crippen LogP contribution in [0.1, 0.15) is 15.9 Å². The van der Waals surface area contributed by atoms with E-state index in [1.807, 2.05) is 25.2 Å². The summed E-state index contributed by atoms with van der Waals surface area (Å²) < 4.78 is 0. The van der Waals surface area contributed by atoms with Gasteiger partial charge in [-0.1, -0.05) is 30.3 Å². The van der Waals surface area contributed by atoms with Gasteiger partial charge in [0.1, 0.15) is 0 Å². The van der Waals surface area contributed by atoms with Crippen LogP contribution in [0.4, 0.5) is 5.69 Å². The van der Waals surface area contributed by atoms with Crippen molar-refractivity contribution in [1.82, 2.24) is 10.2 Å². The number of carbonyl (C=O) groups is 1. The van der Waals surface area contributed by atoms with E-state index in [-0.39, 0.29) is 0 Å². The average molecular weight is 351 g/mol. The van der Waals surface area contributed by atoms with Crippen LogP contribution in [0.15, 0.2) is 59.6 Å². The Hall–Kier alpha value is -3.02. The molecule has 136 valence electrons. The summed E-state index contributed by atoms with van der Waals surface area (Å²) in [7, 11) is 1.81. The first kappa shape index (κ1) is 17.8. The lowest BCUT2D eigenvalue weighted by molar-refractivity contribution is 0.100. The molecule has 6 heteroatoms. The number of rotatable bonds is 4. The zero-order valence-electron chi connectivity index (χ0n) is 15.1. The highest BCUT2D eigenvalue weighted by Crippen LogP contribution is 2.15. The van der Waals surface area contributed by atoms with Crippen molar-refractivity contribution in [3.63, 3.8) is 0 Å². The fourth-order valence-corrected chi connectivity index (χ4v) is 3.12.